The third kappa shape index (κ3) is 7.65. The van der Waals surface area contributed by atoms with Crippen molar-refractivity contribution in [2.24, 2.45) is 11.8 Å². The SMILES string of the molecule is CC(C)CC(NC(=O)c1nc2ccccc2[nH]1)C(=O)NC(CC1CCNC1=O)C(=O)COC(=O)c1c(Cl)cccc1Cl. The van der Waals surface area contributed by atoms with Crippen LogP contribution in [0.15, 0.2) is 42.5 Å². The standard InChI is InChI=1S/C29H31Cl2N5O6/c1-15(2)12-22(36-28(40)25-33-19-8-3-4-9-20(19)34-25)27(39)35-21(13-16-10-11-32-26(16)38)23(37)14-42-29(41)24-17(30)6-5-7-18(24)31/h3-9,15-16,21-22H,10-14H2,1-2H3,(H,32,38)(H,33,34)(H,35,39)(H,36,40). The summed E-state index contributed by atoms with van der Waals surface area (Å²) in [4.78, 5) is 71.9. The summed E-state index contributed by atoms with van der Waals surface area (Å²) < 4.78 is 5.19. The number of imidazole rings is 1. The van der Waals surface area contributed by atoms with Gasteiger partial charge in [0.2, 0.25) is 11.8 Å². The zero-order chi connectivity index (χ0) is 30.4. The molecule has 0 spiro atoms. The molecule has 3 atom stereocenters. The Labute approximate surface area is 252 Å². The molecule has 222 valence electrons. The van der Waals surface area contributed by atoms with E-state index in [9.17, 15) is 24.0 Å². The molecule has 0 saturated carbocycles. The van der Waals surface area contributed by atoms with Crippen LogP contribution in [0.3, 0.4) is 0 Å². The van der Waals surface area contributed by atoms with E-state index in [4.69, 9.17) is 27.9 Å². The van der Waals surface area contributed by atoms with Gasteiger partial charge >= 0.3 is 5.97 Å². The average Bonchev–Trinajstić information content (AvgIpc) is 3.56. The largest absolute Gasteiger partial charge is 0.454 e. The Kier molecular flexibility index (Phi) is 10.2. The fourth-order valence-electron chi connectivity index (χ4n) is 4.69. The van der Waals surface area contributed by atoms with Crippen LogP contribution in [0, 0.1) is 11.8 Å². The van der Waals surface area contributed by atoms with Gasteiger partial charge in [-0.05, 0) is 49.4 Å². The van der Waals surface area contributed by atoms with Gasteiger partial charge in [0, 0.05) is 12.5 Å². The van der Waals surface area contributed by atoms with E-state index in [1.807, 2.05) is 13.8 Å². The molecule has 2 heterocycles. The normalized spacial score (nSPS) is 16.1. The van der Waals surface area contributed by atoms with Crippen LogP contribution in [-0.4, -0.2) is 64.7 Å². The van der Waals surface area contributed by atoms with E-state index in [0.29, 0.717) is 24.0 Å². The van der Waals surface area contributed by atoms with Crippen molar-refractivity contribution in [1.82, 2.24) is 25.9 Å². The summed E-state index contributed by atoms with van der Waals surface area (Å²) >= 11 is 12.1. The number of aromatic amines is 1. The van der Waals surface area contributed by atoms with Gasteiger partial charge in [0.05, 0.1) is 32.7 Å². The Morgan fingerprint density at radius 2 is 1.74 bits per heavy atom. The lowest BCUT2D eigenvalue weighted by molar-refractivity contribution is -0.131. The molecule has 1 aliphatic heterocycles. The molecular weight excluding hydrogens is 585 g/mol. The number of hydrogen-bond acceptors (Lipinski definition) is 7. The maximum Gasteiger partial charge on any atom is 0.341 e. The lowest BCUT2D eigenvalue weighted by Gasteiger charge is -2.25. The molecule has 0 radical (unpaired) electrons. The maximum atomic E-state index is 13.5. The van der Waals surface area contributed by atoms with Crippen LogP contribution in [0.25, 0.3) is 11.0 Å². The number of fused-ring (bicyclic) bond motifs is 1. The van der Waals surface area contributed by atoms with Crippen molar-refractivity contribution in [2.75, 3.05) is 13.2 Å². The molecule has 2 aromatic carbocycles. The van der Waals surface area contributed by atoms with Gasteiger partial charge in [-0.25, -0.2) is 9.78 Å². The summed E-state index contributed by atoms with van der Waals surface area (Å²) in [6.07, 6.45) is 0.737. The van der Waals surface area contributed by atoms with Crippen LogP contribution in [0.2, 0.25) is 10.0 Å². The van der Waals surface area contributed by atoms with Gasteiger partial charge in [-0.1, -0.05) is 55.2 Å². The number of amides is 3. The second-order valence-electron chi connectivity index (χ2n) is 10.5. The molecule has 3 amide bonds. The summed E-state index contributed by atoms with van der Waals surface area (Å²) in [5.41, 5.74) is 1.18. The quantitative estimate of drug-likeness (QED) is 0.227. The van der Waals surface area contributed by atoms with Gasteiger partial charge in [-0.3, -0.25) is 19.2 Å². The highest BCUT2D eigenvalue weighted by Gasteiger charge is 2.34. The number of ether oxygens (including phenoxy) is 1. The lowest BCUT2D eigenvalue weighted by Crippen LogP contribution is -2.53. The first kappa shape index (κ1) is 31.0. The molecule has 0 bridgehead atoms. The zero-order valence-corrected chi connectivity index (χ0v) is 24.6. The van der Waals surface area contributed by atoms with E-state index in [1.54, 1.807) is 30.3 Å². The van der Waals surface area contributed by atoms with Crippen molar-refractivity contribution in [3.8, 4) is 0 Å². The van der Waals surface area contributed by atoms with Gasteiger partial charge in [-0.15, -0.1) is 0 Å². The van der Waals surface area contributed by atoms with Crippen molar-refractivity contribution in [3.05, 3.63) is 63.9 Å². The van der Waals surface area contributed by atoms with E-state index in [2.05, 4.69) is 25.9 Å². The summed E-state index contributed by atoms with van der Waals surface area (Å²) in [5.74, 6) is -3.46. The van der Waals surface area contributed by atoms with Crippen LogP contribution in [0.5, 0.6) is 0 Å². The first-order valence-corrected chi connectivity index (χ1v) is 14.3. The highest BCUT2D eigenvalue weighted by atomic mass is 35.5. The number of aromatic nitrogens is 2. The Morgan fingerprint density at radius 1 is 1.02 bits per heavy atom. The minimum atomic E-state index is -1.17. The molecule has 13 heteroatoms. The molecule has 3 aromatic rings. The van der Waals surface area contributed by atoms with E-state index < -0.39 is 48.2 Å². The summed E-state index contributed by atoms with van der Waals surface area (Å²) in [6, 6.07) is 9.43. The predicted molar refractivity (Wildman–Crippen MR) is 156 cm³/mol. The van der Waals surface area contributed by atoms with Gasteiger partial charge in [0.15, 0.2) is 18.2 Å². The number of carbonyl (C=O) groups excluding carboxylic acids is 5. The highest BCUT2D eigenvalue weighted by Crippen LogP contribution is 2.25. The molecule has 3 unspecified atom stereocenters. The van der Waals surface area contributed by atoms with E-state index in [0.717, 1.165) is 0 Å². The number of hydrogen-bond donors (Lipinski definition) is 4. The van der Waals surface area contributed by atoms with Crippen LogP contribution >= 0.6 is 23.2 Å². The summed E-state index contributed by atoms with van der Waals surface area (Å²) in [7, 11) is 0. The topological polar surface area (TPSA) is 159 Å². The minimum Gasteiger partial charge on any atom is -0.454 e. The predicted octanol–water partition coefficient (Wildman–Crippen LogP) is 3.45. The van der Waals surface area contributed by atoms with Gasteiger partial charge in [0.25, 0.3) is 5.91 Å². The lowest BCUT2D eigenvalue weighted by atomic mass is 9.95. The molecule has 1 fully saturated rings. The molecule has 0 aliphatic carbocycles. The van der Waals surface area contributed by atoms with Crippen LogP contribution in [-0.2, 0) is 19.1 Å². The van der Waals surface area contributed by atoms with Crippen molar-refractivity contribution < 1.29 is 28.7 Å². The first-order chi connectivity index (χ1) is 20.0. The van der Waals surface area contributed by atoms with Gasteiger partial charge in [0.1, 0.15) is 6.04 Å². The Morgan fingerprint density at radius 3 is 2.38 bits per heavy atom. The third-order valence-electron chi connectivity index (χ3n) is 6.83. The molecule has 4 N–H and O–H groups in total. The van der Waals surface area contributed by atoms with Crippen LogP contribution < -0.4 is 16.0 Å². The second kappa shape index (κ2) is 13.8. The number of nitrogens with zero attached hydrogens (tertiary/aromatic N) is 1. The van der Waals surface area contributed by atoms with Crippen molar-refractivity contribution in [3.63, 3.8) is 0 Å². The van der Waals surface area contributed by atoms with Crippen molar-refractivity contribution in [1.29, 1.82) is 0 Å². The number of rotatable bonds is 12. The smallest absolute Gasteiger partial charge is 0.341 e. The Hall–Kier alpha value is -3.96. The molecule has 11 nitrogen and oxygen atoms in total. The number of H-pyrrole nitrogens is 1. The molecular formula is C29H31Cl2N5O6. The molecule has 42 heavy (non-hydrogen) atoms. The zero-order valence-electron chi connectivity index (χ0n) is 23.0. The van der Waals surface area contributed by atoms with Crippen molar-refractivity contribution >= 4 is 63.7 Å². The molecule has 1 aliphatic rings. The van der Waals surface area contributed by atoms with Crippen LogP contribution in [0.1, 0.15) is 54.1 Å². The molecule has 1 saturated heterocycles. The summed E-state index contributed by atoms with van der Waals surface area (Å²) in [5, 5.41) is 8.22. The van der Waals surface area contributed by atoms with Crippen LogP contribution in [0.4, 0.5) is 0 Å². The van der Waals surface area contributed by atoms with Crippen molar-refractivity contribution in [2.45, 2.75) is 45.2 Å². The Balaban J connectivity index is 1.48. The number of Topliss-reactive ketones (excluding diaryl/α,β-unsaturated/α-hetero) is 1. The fraction of sp³-hybridized carbons (Fsp3) is 0.379. The van der Waals surface area contributed by atoms with E-state index in [1.165, 1.54) is 12.1 Å². The number of nitrogens with one attached hydrogen (secondary N) is 4. The van der Waals surface area contributed by atoms with E-state index in [-0.39, 0.29) is 46.1 Å². The number of esters is 1. The van der Waals surface area contributed by atoms with E-state index >= 15 is 0 Å². The monoisotopic (exact) mass is 615 g/mol. The molecule has 1 aromatic heterocycles. The molecule has 4 rings (SSSR count). The summed E-state index contributed by atoms with van der Waals surface area (Å²) in [6.45, 7) is 3.53. The highest BCUT2D eigenvalue weighted by molar-refractivity contribution is 6.39. The fourth-order valence-corrected chi connectivity index (χ4v) is 5.24. The van der Waals surface area contributed by atoms with Gasteiger partial charge < -0.3 is 25.7 Å². The Bertz CT molecular complexity index is 1450. The third-order valence-corrected chi connectivity index (χ3v) is 7.46. The first-order valence-electron chi connectivity index (χ1n) is 13.5. The number of ketones is 1. The number of para-hydroxylation sites is 2. The second-order valence-corrected chi connectivity index (χ2v) is 11.3. The minimum absolute atomic E-state index is 0.00722. The number of halogens is 2. The number of benzene rings is 2. The van der Waals surface area contributed by atoms with Gasteiger partial charge in [-0.2, -0.15) is 0 Å². The average molecular weight is 617 g/mol. The maximum absolute atomic E-state index is 13.5. The number of carbonyl (C=O) groups is 5.